The van der Waals surface area contributed by atoms with Crippen LogP contribution in [0.15, 0.2) is 71.6 Å². The first-order chi connectivity index (χ1) is 17.3. The summed E-state index contributed by atoms with van der Waals surface area (Å²) in [6.45, 7) is 3.36. The fourth-order valence-electron chi connectivity index (χ4n) is 3.46. The summed E-state index contributed by atoms with van der Waals surface area (Å²) in [5, 5.41) is 2.64. The third-order valence-electron chi connectivity index (χ3n) is 5.18. The van der Waals surface area contributed by atoms with Gasteiger partial charge in [-0.1, -0.05) is 12.1 Å². The first kappa shape index (κ1) is 28.1. The van der Waals surface area contributed by atoms with Crippen molar-refractivity contribution in [2.24, 2.45) is 0 Å². The Morgan fingerprint density at radius 3 is 2.14 bits per heavy atom. The number of ether oxygens (including phenoxy) is 1. The summed E-state index contributed by atoms with van der Waals surface area (Å²) < 4.78 is 72.0. The number of halogens is 1. The first-order valence-electron chi connectivity index (χ1n) is 11.1. The third-order valence-corrected chi connectivity index (χ3v) is 7.97. The van der Waals surface area contributed by atoms with Gasteiger partial charge in [0, 0.05) is 11.6 Å². The number of hydrogen-bond donors (Lipinski definition) is 2. The summed E-state index contributed by atoms with van der Waals surface area (Å²) in [5.74, 6) is -0.724. The number of methoxy groups -OCH3 is 1. The first-order valence-corrected chi connectivity index (χ1v) is 14.5. The second kappa shape index (κ2) is 11.3. The number of nitrogens with one attached hydrogen (secondary N) is 2. The molecule has 12 heteroatoms. The summed E-state index contributed by atoms with van der Waals surface area (Å²) in [5.41, 5.74) is 1.25. The molecule has 0 aromatic heterocycles. The Hall–Kier alpha value is -3.48. The third kappa shape index (κ3) is 7.28. The maximum Gasteiger partial charge on any atom is 0.255 e. The number of sulfonamides is 2. The summed E-state index contributed by atoms with van der Waals surface area (Å²) in [6.07, 6.45) is 1.05. The molecule has 9 nitrogen and oxygen atoms in total. The Morgan fingerprint density at radius 1 is 0.973 bits per heavy atom. The van der Waals surface area contributed by atoms with E-state index in [-0.39, 0.29) is 34.5 Å². The molecule has 0 radical (unpaired) electrons. The molecule has 0 spiro atoms. The second-order valence-corrected chi connectivity index (χ2v) is 12.2. The van der Waals surface area contributed by atoms with Crippen molar-refractivity contribution in [1.82, 2.24) is 4.72 Å². The Morgan fingerprint density at radius 2 is 1.59 bits per heavy atom. The van der Waals surface area contributed by atoms with E-state index in [0.29, 0.717) is 11.3 Å². The second-order valence-electron chi connectivity index (χ2n) is 8.54. The van der Waals surface area contributed by atoms with Crippen molar-refractivity contribution in [3.05, 3.63) is 83.7 Å². The normalized spacial score (nSPS) is 11.8. The molecule has 0 aliphatic heterocycles. The van der Waals surface area contributed by atoms with Gasteiger partial charge < -0.3 is 10.1 Å². The standard InChI is InChI=1S/C25H28FN3O6S2/c1-17(2)28-37(33,34)22-13-14-24(35-3)23(15-22)27-25(30)19-7-11-21(12-8-19)29(36(4,31)32)16-18-5-9-20(26)10-6-18/h5-15,17,28H,16H2,1-4H3,(H,27,30). The average molecular weight is 550 g/mol. The molecule has 0 bridgehead atoms. The molecule has 0 fully saturated rings. The fourth-order valence-corrected chi connectivity index (χ4v) is 5.62. The van der Waals surface area contributed by atoms with Gasteiger partial charge >= 0.3 is 0 Å². The van der Waals surface area contributed by atoms with Crippen LogP contribution in [0.4, 0.5) is 15.8 Å². The summed E-state index contributed by atoms with van der Waals surface area (Å²) >= 11 is 0. The molecule has 3 aromatic carbocycles. The predicted octanol–water partition coefficient (Wildman–Crippen LogP) is 3.74. The van der Waals surface area contributed by atoms with Crippen LogP contribution in [-0.2, 0) is 26.6 Å². The minimum Gasteiger partial charge on any atom is -0.495 e. The van der Waals surface area contributed by atoms with E-state index in [0.717, 1.165) is 10.6 Å². The number of carbonyl (C=O) groups is 1. The van der Waals surface area contributed by atoms with Gasteiger partial charge in [-0.2, -0.15) is 0 Å². The summed E-state index contributed by atoms with van der Waals surface area (Å²) in [6, 6.07) is 15.1. The molecular weight excluding hydrogens is 521 g/mol. The fraction of sp³-hybridized carbons (Fsp3) is 0.240. The van der Waals surface area contributed by atoms with Crippen LogP contribution in [0.1, 0.15) is 29.8 Å². The van der Waals surface area contributed by atoms with Gasteiger partial charge in [-0.3, -0.25) is 9.10 Å². The smallest absolute Gasteiger partial charge is 0.255 e. The Bertz CT molecular complexity index is 1470. The Kier molecular flexibility index (Phi) is 8.57. The van der Waals surface area contributed by atoms with Crippen LogP contribution in [0.3, 0.4) is 0 Å². The zero-order chi connectivity index (χ0) is 27.4. The average Bonchev–Trinajstić information content (AvgIpc) is 2.82. The van der Waals surface area contributed by atoms with E-state index < -0.39 is 31.8 Å². The lowest BCUT2D eigenvalue weighted by molar-refractivity contribution is 0.102. The van der Waals surface area contributed by atoms with Gasteiger partial charge in [0.25, 0.3) is 5.91 Å². The van der Waals surface area contributed by atoms with Gasteiger partial charge in [-0.25, -0.2) is 25.9 Å². The largest absolute Gasteiger partial charge is 0.495 e. The molecule has 0 heterocycles. The highest BCUT2D eigenvalue weighted by Gasteiger charge is 2.21. The Labute approximate surface area is 216 Å². The predicted molar refractivity (Wildman–Crippen MR) is 140 cm³/mol. The van der Waals surface area contributed by atoms with Gasteiger partial charge in [-0.15, -0.1) is 0 Å². The van der Waals surface area contributed by atoms with Gasteiger partial charge in [-0.05, 0) is 74.0 Å². The maximum absolute atomic E-state index is 13.2. The van der Waals surface area contributed by atoms with E-state index in [1.165, 1.54) is 73.8 Å². The molecule has 198 valence electrons. The number of rotatable bonds is 10. The van der Waals surface area contributed by atoms with E-state index in [2.05, 4.69) is 10.0 Å². The molecule has 0 atom stereocenters. The van der Waals surface area contributed by atoms with Crippen molar-refractivity contribution >= 4 is 37.3 Å². The van der Waals surface area contributed by atoms with Crippen molar-refractivity contribution in [1.29, 1.82) is 0 Å². The summed E-state index contributed by atoms with van der Waals surface area (Å²) in [7, 11) is -6.10. The van der Waals surface area contributed by atoms with E-state index in [9.17, 15) is 26.0 Å². The zero-order valence-corrected chi connectivity index (χ0v) is 22.4. The lowest BCUT2D eigenvalue weighted by atomic mass is 10.1. The molecule has 3 aromatic rings. The maximum atomic E-state index is 13.2. The molecular formula is C25H28FN3O6S2. The topological polar surface area (TPSA) is 122 Å². The molecule has 0 saturated carbocycles. The summed E-state index contributed by atoms with van der Waals surface area (Å²) in [4.78, 5) is 12.9. The van der Waals surface area contributed by atoms with Crippen LogP contribution in [0.2, 0.25) is 0 Å². The van der Waals surface area contributed by atoms with Crippen LogP contribution in [0.25, 0.3) is 0 Å². The van der Waals surface area contributed by atoms with Crippen molar-refractivity contribution < 1.29 is 30.8 Å². The lowest BCUT2D eigenvalue weighted by Crippen LogP contribution is -2.30. The molecule has 0 unspecified atom stereocenters. The number of anilines is 2. The zero-order valence-electron chi connectivity index (χ0n) is 20.7. The van der Waals surface area contributed by atoms with Crippen molar-refractivity contribution in [2.75, 3.05) is 23.0 Å². The molecule has 0 aliphatic carbocycles. The van der Waals surface area contributed by atoms with Gasteiger partial charge in [0.05, 0.1) is 36.2 Å². The molecule has 0 saturated heterocycles. The van der Waals surface area contributed by atoms with Crippen molar-refractivity contribution in [2.45, 2.75) is 31.3 Å². The monoisotopic (exact) mass is 549 g/mol. The minimum absolute atomic E-state index is 0.0203. The van der Waals surface area contributed by atoms with Crippen molar-refractivity contribution in [3.8, 4) is 5.75 Å². The number of carbonyl (C=O) groups excluding carboxylic acids is 1. The highest BCUT2D eigenvalue weighted by atomic mass is 32.2. The van der Waals surface area contributed by atoms with Gasteiger partial charge in [0.15, 0.2) is 0 Å². The quantitative estimate of drug-likeness (QED) is 0.397. The molecule has 1 amide bonds. The van der Waals surface area contributed by atoms with Crippen molar-refractivity contribution in [3.63, 3.8) is 0 Å². The highest BCUT2D eigenvalue weighted by Crippen LogP contribution is 2.29. The van der Waals surface area contributed by atoms with E-state index in [1.807, 2.05) is 0 Å². The van der Waals surface area contributed by atoms with E-state index >= 15 is 0 Å². The van der Waals surface area contributed by atoms with E-state index in [4.69, 9.17) is 4.74 Å². The SMILES string of the molecule is COc1ccc(S(=O)(=O)NC(C)C)cc1NC(=O)c1ccc(N(Cc2ccc(F)cc2)S(C)(=O)=O)cc1. The number of hydrogen-bond acceptors (Lipinski definition) is 6. The molecule has 0 aliphatic rings. The van der Waals surface area contributed by atoms with Crippen LogP contribution in [0, 0.1) is 5.82 Å². The Balaban J connectivity index is 1.85. The number of amides is 1. The van der Waals surface area contributed by atoms with Gasteiger partial charge in [0.2, 0.25) is 20.0 Å². The van der Waals surface area contributed by atoms with Crippen LogP contribution in [-0.4, -0.2) is 42.2 Å². The van der Waals surface area contributed by atoms with E-state index in [1.54, 1.807) is 13.8 Å². The number of benzene rings is 3. The highest BCUT2D eigenvalue weighted by molar-refractivity contribution is 7.92. The number of nitrogens with zero attached hydrogens (tertiary/aromatic N) is 1. The van der Waals surface area contributed by atoms with Gasteiger partial charge in [0.1, 0.15) is 11.6 Å². The molecule has 37 heavy (non-hydrogen) atoms. The molecule has 3 rings (SSSR count). The van der Waals surface area contributed by atoms with Crippen LogP contribution >= 0.6 is 0 Å². The molecule has 2 N–H and O–H groups in total. The van der Waals surface area contributed by atoms with Crippen LogP contribution in [0.5, 0.6) is 5.75 Å². The van der Waals surface area contributed by atoms with Crippen LogP contribution < -0.4 is 19.1 Å². The lowest BCUT2D eigenvalue weighted by Gasteiger charge is -2.23. The minimum atomic E-state index is -3.80.